The zero-order valence-electron chi connectivity index (χ0n) is 9.85. The predicted octanol–water partition coefficient (Wildman–Crippen LogP) is 5.28. The van der Waals surface area contributed by atoms with Gasteiger partial charge in [-0.3, -0.25) is 0 Å². The quantitative estimate of drug-likeness (QED) is 0.694. The number of rotatable bonds is 2. The van der Waals surface area contributed by atoms with Crippen LogP contribution in [0.2, 0.25) is 0 Å². The van der Waals surface area contributed by atoms with E-state index in [0.29, 0.717) is 5.56 Å². The normalized spacial score (nSPS) is 10.3. The third kappa shape index (κ3) is 2.62. The van der Waals surface area contributed by atoms with Crippen molar-refractivity contribution in [2.75, 3.05) is 5.32 Å². The topological polar surface area (TPSA) is 35.8 Å². The van der Waals surface area contributed by atoms with Crippen molar-refractivity contribution in [1.82, 2.24) is 0 Å². The third-order valence-corrected chi connectivity index (χ3v) is 4.12. The summed E-state index contributed by atoms with van der Waals surface area (Å²) in [5.41, 5.74) is 2.56. The Bertz CT molecular complexity index is 786. The van der Waals surface area contributed by atoms with E-state index in [-0.39, 0.29) is 0 Å². The van der Waals surface area contributed by atoms with Crippen molar-refractivity contribution in [1.29, 1.82) is 5.26 Å². The first-order chi connectivity index (χ1) is 9.24. The van der Waals surface area contributed by atoms with Crippen molar-refractivity contribution in [3.63, 3.8) is 0 Å². The summed E-state index contributed by atoms with van der Waals surface area (Å²) in [6.45, 7) is 0. The van der Waals surface area contributed by atoms with E-state index < -0.39 is 0 Å². The van der Waals surface area contributed by atoms with Gasteiger partial charge in [0.2, 0.25) is 0 Å². The van der Waals surface area contributed by atoms with Gasteiger partial charge in [0, 0.05) is 20.5 Å². The maximum absolute atomic E-state index is 8.97. The summed E-state index contributed by atoms with van der Waals surface area (Å²) in [6, 6.07) is 16.1. The lowest BCUT2D eigenvalue weighted by molar-refractivity contribution is 1.46. The number of hydrogen-bond acceptors (Lipinski definition) is 3. The standard InChI is InChI=1S/C15H9BrN2S/c16-12-5-10(9-17)6-14(8-12)18-13-1-2-15-11(7-13)3-4-19-15/h1-8,18H. The van der Waals surface area contributed by atoms with E-state index >= 15 is 0 Å². The summed E-state index contributed by atoms with van der Waals surface area (Å²) in [5.74, 6) is 0. The number of fused-ring (bicyclic) bond motifs is 1. The number of thiophene rings is 1. The van der Waals surface area contributed by atoms with E-state index in [9.17, 15) is 0 Å². The Kier molecular flexibility index (Phi) is 3.24. The molecule has 0 unspecified atom stereocenters. The molecule has 0 saturated heterocycles. The number of nitriles is 1. The second-order valence-electron chi connectivity index (χ2n) is 4.14. The Morgan fingerprint density at radius 1 is 1.05 bits per heavy atom. The molecular formula is C15H9BrN2S. The van der Waals surface area contributed by atoms with Gasteiger partial charge in [0.05, 0.1) is 11.6 Å². The van der Waals surface area contributed by atoms with Crippen LogP contribution >= 0.6 is 27.3 Å². The van der Waals surface area contributed by atoms with E-state index in [1.807, 2.05) is 18.2 Å². The highest BCUT2D eigenvalue weighted by Crippen LogP contribution is 2.27. The van der Waals surface area contributed by atoms with Gasteiger partial charge in [0.15, 0.2) is 0 Å². The van der Waals surface area contributed by atoms with Crippen LogP contribution < -0.4 is 5.32 Å². The molecule has 0 aliphatic carbocycles. The largest absolute Gasteiger partial charge is 0.355 e. The van der Waals surface area contributed by atoms with Crippen LogP contribution in [0.3, 0.4) is 0 Å². The van der Waals surface area contributed by atoms with Crippen LogP contribution in [0.15, 0.2) is 52.3 Å². The molecular weight excluding hydrogens is 320 g/mol. The van der Waals surface area contributed by atoms with Crippen molar-refractivity contribution < 1.29 is 0 Å². The fraction of sp³-hybridized carbons (Fsp3) is 0. The Balaban J connectivity index is 1.96. The van der Waals surface area contributed by atoms with Gasteiger partial charge < -0.3 is 5.32 Å². The lowest BCUT2D eigenvalue weighted by Crippen LogP contribution is -1.90. The van der Waals surface area contributed by atoms with Crippen LogP contribution in [0.25, 0.3) is 10.1 Å². The summed E-state index contributed by atoms with van der Waals surface area (Å²) < 4.78 is 2.17. The molecule has 2 nitrogen and oxygen atoms in total. The first-order valence-corrected chi connectivity index (χ1v) is 7.37. The lowest BCUT2D eigenvalue weighted by atomic mass is 10.2. The number of halogens is 1. The molecule has 0 aliphatic rings. The summed E-state index contributed by atoms with van der Waals surface area (Å²) in [7, 11) is 0. The predicted molar refractivity (Wildman–Crippen MR) is 84.0 cm³/mol. The molecule has 0 fully saturated rings. The van der Waals surface area contributed by atoms with Gasteiger partial charge in [0.1, 0.15) is 0 Å². The third-order valence-electron chi connectivity index (χ3n) is 2.77. The van der Waals surface area contributed by atoms with Gasteiger partial charge in [-0.1, -0.05) is 15.9 Å². The molecule has 4 heteroatoms. The summed E-state index contributed by atoms with van der Waals surface area (Å²) in [5, 5.41) is 15.6. The Labute approximate surface area is 123 Å². The SMILES string of the molecule is N#Cc1cc(Br)cc(Nc2ccc3sccc3c2)c1. The molecule has 0 atom stereocenters. The van der Waals surface area contributed by atoms with Crippen LogP contribution in [0.4, 0.5) is 11.4 Å². The van der Waals surface area contributed by atoms with Crippen LogP contribution in [-0.4, -0.2) is 0 Å². The Morgan fingerprint density at radius 3 is 2.79 bits per heavy atom. The smallest absolute Gasteiger partial charge is 0.0992 e. The summed E-state index contributed by atoms with van der Waals surface area (Å²) in [4.78, 5) is 0. The minimum absolute atomic E-state index is 0.633. The van der Waals surface area contributed by atoms with E-state index in [0.717, 1.165) is 15.8 Å². The minimum Gasteiger partial charge on any atom is -0.355 e. The second kappa shape index (κ2) is 5.04. The zero-order chi connectivity index (χ0) is 13.2. The Hall–Kier alpha value is -1.83. The van der Waals surface area contributed by atoms with Gasteiger partial charge in [-0.25, -0.2) is 0 Å². The highest BCUT2D eigenvalue weighted by atomic mass is 79.9. The summed E-state index contributed by atoms with van der Waals surface area (Å²) in [6.07, 6.45) is 0. The number of nitrogens with zero attached hydrogens (tertiary/aromatic N) is 1. The molecule has 0 saturated carbocycles. The molecule has 19 heavy (non-hydrogen) atoms. The molecule has 1 N–H and O–H groups in total. The highest BCUT2D eigenvalue weighted by molar-refractivity contribution is 9.10. The van der Waals surface area contributed by atoms with Gasteiger partial charge in [0.25, 0.3) is 0 Å². The first kappa shape index (κ1) is 12.2. The van der Waals surface area contributed by atoms with E-state index in [1.165, 1.54) is 10.1 Å². The van der Waals surface area contributed by atoms with Gasteiger partial charge in [-0.2, -0.15) is 5.26 Å². The van der Waals surface area contributed by atoms with E-state index in [2.05, 4.69) is 50.9 Å². The minimum atomic E-state index is 0.633. The maximum Gasteiger partial charge on any atom is 0.0992 e. The number of anilines is 2. The van der Waals surface area contributed by atoms with Crippen molar-refractivity contribution in [3.8, 4) is 6.07 Å². The molecule has 1 aromatic heterocycles. The molecule has 0 spiro atoms. The number of benzene rings is 2. The van der Waals surface area contributed by atoms with Crippen LogP contribution in [-0.2, 0) is 0 Å². The molecule has 92 valence electrons. The second-order valence-corrected chi connectivity index (χ2v) is 6.00. The number of nitrogens with one attached hydrogen (secondary N) is 1. The monoisotopic (exact) mass is 328 g/mol. The van der Waals surface area contributed by atoms with Crippen molar-refractivity contribution in [3.05, 3.63) is 57.9 Å². The van der Waals surface area contributed by atoms with Crippen molar-refractivity contribution in [2.24, 2.45) is 0 Å². The van der Waals surface area contributed by atoms with E-state index in [1.54, 1.807) is 17.4 Å². The van der Waals surface area contributed by atoms with Gasteiger partial charge >= 0.3 is 0 Å². The molecule has 3 rings (SSSR count). The van der Waals surface area contributed by atoms with Gasteiger partial charge in [-0.05, 0) is 53.2 Å². The van der Waals surface area contributed by atoms with E-state index in [4.69, 9.17) is 5.26 Å². The van der Waals surface area contributed by atoms with Crippen molar-refractivity contribution >= 4 is 48.7 Å². The zero-order valence-corrected chi connectivity index (χ0v) is 12.3. The fourth-order valence-electron chi connectivity index (χ4n) is 1.94. The molecule has 3 aromatic rings. The molecule has 1 heterocycles. The molecule has 0 aliphatic heterocycles. The van der Waals surface area contributed by atoms with Crippen LogP contribution in [0.5, 0.6) is 0 Å². The fourth-order valence-corrected chi connectivity index (χ4v) is 3.20. The number of hydrogen-bond donors (Lipinski definition) is 1. The Morgan fingerprint density at radius 2 is 1.95 bits per heavy atom. The first-order valence-electron chi connectivity index (χ1n) is 5.69. The average molecular weight is 329 g/mol. The van der Waals surface area contributed by atoms with Gasteiger partial charge in [-0.15, -0.1) is 11.3 Å². The van der Waals surface area contributed by atoms with Crippen LogP contribution in [0.1, 0.15) is 5.56 Å². The van der Waals surface area contributed by atoms with Crippen molar-refractivity contribution in [2.45, 2.75) is 0 Å². The summed E-state index contributed by atoms with van der Waals surface area (Å²) >= 11 is 5.14. The molecule has 0 bridgehead atoms. The van der Waals surface area contributed by atoms with Crippen LogP contribution in [0, 0.1) is 11.3 Å². The average Bonchev–Trinajstić information content (AvgIpc) is 2.85. The lowest BCUT2D eigenvalue weighted by Gasteiger charge is -2.07. The molecule has 0 amide bonds. The highest BCUT2D eigenvalue weighted by Gasteiger charge is 2.01. The maximum atomic E-state index is 8.97. The molecule has 2 aromatic carbocycles. The molecule has 0 radical (unpaired) electrons.